The van der Waals surface area contributed by atoms with E-state index in [9.17, 15) is 27.2 Å². The van der Waals surface area contributed by atoms with Crippen molar-refractivity contribution in [2.24, 2.45) is 11.8 Å². The lowest BCUT2D eigenvalue weighted by Gasteiger charge is -2.29. The number of amides is 2. The van der Waals surface area contributed by atoms with Gasteiger partial charge in [-0.1, -0.05) is 12.8 Å². The number of hydrogen-bond donors (Lipinski definition) is 2. The van der Waals surface area contributed by atoms with Crippen molar-refractivity contribution in [3.05, 3.63) is 29.6 Å². The van der Waals surface area contributed by atoms with Gasteiger partial charge in [-0.2, -0.15) is 13.2 Å². The molecule has 154 valence electrons. The first-order chi connectivity index (χ1) is 13.2. The molecular weight excluding hydrogens is 376 g/mol. The molecule has 28 heavy (non-hydrogen) atoms. The maximum absolute atomic E-state index is 13.8. The van der Waals surface area contributed by atoms with Crippen molar-refractivity contribution in [3.8, 4) is 0 Å². The fourth-order valence-electron chi connectivity index (χ4n) is 4.04. The van der Waals surface area contributed by atoms with Crippen LogP contribution >= 0.6 is 0 Å². The SMILES string of the molecule is O=C(Nc1cc(C(F)(F)F)ccc1F)C1CCC(NC(=O)C2CCCC2)CC1. The molecule has 0 unspecified atom stereocenters. The molecule has 0 saturated heterocycles. The normalized spacial score (nSPS) is 23.4. The molecule has 0 radical (unpaired) electrons. The van der Waals surface area contributed by atoms with Gasteiger partial charge in [-0.05, 0) is 56.7 Å². The van der Waals surface area contributed by atoms with E-state index < -0.39 is 35.1 Å². The van der Waals surface area contributed by atoms with Gasteiger partial charge in [-0.15, -0.1) is 0 Å². The summed E-state index contributed by atoms with van der Waals surface area (Å²) in [4.78, 5) is 24.6. The van der Waals surface area contributed by atoms with E-state index in [1.165, 1.54) is 0 Å². The van der Waals surface area contributed by atoms with Crippen LogP contribution in [0.1, 0.15) is 56.9 Å². The molecule has 2 amide bonds. The zero-order valence-corrected chi connectivity index (χ0v) is 15.4. The predicted octanol–water partition coefficient (Wildman–Crippen LogP) is 4.65. The average molecular weight is 400 g/mol. The summed E-state index contributed by atoms with van der Waals surface area (Å²) in [6, 6.07) is 1.97. The summed E-state index contributed by atoms with van der Waals surface area (Å²) >= 11 is 0. The van der Waals surface area contributed by atoms with E-state index in [1.54, 1.807) is 0 Å². The maximum atomic E-state index is 13.8. The van der Waals surface area contributed by atoms with Crippen LogP contribution in [0.5, 0.6) is 0 Å². The van der Waals surface area contributed by atoms with E-state index in [2.05, 4.69) is 10.6 Å². The standard InChI is InChI=1S/C20H24F4N2O2/c21-16-10-7-14(20(22,23)24)11-17(16)26-19(28)13-5-8-15(9-6-13)25-18(27)12-3-1-2-4-12/h7,10-13,15H,1-6,8-9H2,(H,25,27)(H,26,28). The molecule has 2 aliphatic rings. The Bertz CT molecular complexity index is 721. The molecule has 3 rings (SSSR count). The molecule has 2 N–H and O–H groups in total. The van der Waals surface area contributed by atoms with Crippen LogP contribution in [-0.2, 0) is 15.8 Å². The van der Waals surface area contributed by atoms with E-state index >= 15 is 0 Å². The first kappa shape index (κ1) is 20.6. The third-order valence-electron chi connectivity index (χ3n) is 5.72. The number of alkyl halides is 3. The number of anilines is 1. The van der Waals surface area contributed by atoms with Gasteiger partial charge in [-0.3, -0.25) is 9.59 Å². The minimum absolute atomic E-state index is 0.0162. The van der Waals surface area contributed by atoms with Crippen molar-refractivity contribution in [3.63, 3.8) is 0 Å². The molecule has 2 aliphatic carbocycles. The van der Waals surface area contributed by atoms with E-state index in [-0.39, 0.29) is 17.9 Å². The molecule has 0 heterocycles. The summed E-state index contributed by atoms with van der Waals surface area (Å²) in [5, 5.41) is 5.34. The van der Waals surface area contributed by atoms with Gasteiger partial charge in [0.05, 0.1) is 11.3 Å². The quantitative estimate of drug-likeness (QED) is 0.723. The Morgan fingerprint density at radius 2 is 1.50 bits per heavy atom. The Morgan fingerprint density at radius 1 is 0.893 bits per heavy atom. The van der Waals surface area contributed by atoms with Gasteiger partial charge in [-0.25, -0.2) is 4.39 Å². The number of carbonyl (C=O) groups excluding carboxylic acids is 2. The molecule has 4 nitrogen and oxygen atoms in total. The van der Waals surface area contributed by atoms with Gasteiger partial charge in [0.25, 0.3) is 0 Å². The molecule has 1 aromatic carbocycles. The van der Waals surface area contributed by atoms with Gasteiger partial charge in [0.1, 0.15) is 5.82 Å². The Morgan fingerprint density at radius 3 is 2.11 bits per heavy atom. The van der Waals surface area contributed by atoms with Crippen molar-refractivity contribution in [1.29, 1.82) is 0 Å². The van der Waals surface area contributed by atoms with Gasteiger partial charge in [0, 0.05) is 17.9 Å². The number of carbonyl (C=O) groups is 2. The molecule has 1 aromatic rings. The minimum Gasteiger partial charge on any atom is -0.353 e. The molecule has 0 aromatic heterocycles. The monoisotopic (exact) mass is 400 g/mol. The van der Waals surface area contributed by atoms with Gasteiger partial charge in [0.2, 0.25) is 11.8 Å². The van der Waals surface area contributed by atoms with Gasteiger partial charge in [0.15, 0.2) is 0 Å². The van der Waals surface area contributed by atoms with Crippen molar-refractivity contribution in [2.75, 3.05) is 5.32 Å². The predicted molar refractivity (Wildman–Crippen MR) is 95.9 cm³/mol. The Balaban J connectivity index is 1.52. The van der Waals surface area contributed by atoms with Crippen LogP contribution in [0.3, 0.4) is 0 Å². The highest BCUT2D eigenvalue weighted by atomic mass is 19.4. The average Bonchev–Trinajstić information content (AvgIpc) is 3.18. The maximum Gasteiger partial charge on any atom is 0.416 e. The first-order valence-corrected chi connectivity index (χ1v) is 9.72. The molecule has 0 aliphatic heterocycles. The van der Waals surface area contributed by atoms with E-state index in [1.807, 2.05) is 0 Å². The number of halogens is 4. The van der Waals surface area contributed by atoms with Gasteiger partial charge >= 0.3 is 6.18 Å². The van der Waals surface area contributed by atoms with Crippen LogP contribution < -0.4 is 10.6 Å². The second-order valence-corrected chi connectivity index (χ2v) is 7.72. The third-order valence-corrected chi connectivity index (χ3v) is 5.72. The smallest absolute Gasteiger partial charge is 0.353 e. The zero-order chi connectivity index (χ0) is 20.3. The van der Waals surface area contributed by atoms with Crippen LogP contribution in [0.4, 0.5) is 23.2 Å². The summed E-state index contributed by atoms with van der Waals surface area (Å²) < 4.78 is 52.2. The summed E-state index contributed by atoms with van der Waals surface area (Å²) in [7, 11) is 0. The molecule has 0 bridgehead atoms. The number of benzene rings is 1. The van der Waals surface area contributed by atoms with E-state index in [0.717, 1.165) is 25.7 Å². The van der Waals surface area contributed by atoms with Crippen molar-refractivity contribution >= 4 is 17.5 Å². The van der Waals surface area contributed by atoms with Crippen molar-refractivity contribution in [1.82, 2.24) is 5.32 Å². The second kappa shape index (κ2) is 8.49. The Kier molecular flexibility index (Phi) is 6.25. The summed E-state index contributed by atoms with van der Waals surface area (Å²) in [5.41, 5.74) is -1.47. The number of nitrogens with one attached hydrogen (secondary N) is 2. The van der Waals surface area contributed by atoms with Crippen LogP contribution in [0.2, 0.25) is 0 Å². The van der Waals surface area contributed by atoms with E-state index in [0.29, 0.717) is 43.9 Å². The Labute approximate surface area is 161 Å². The molecule has 0 spiro atoms. The largest absolute Gasteiger partial charge is 0.416 e. The lowest BCUT2D eigenvalue weighted by Crippen LogP contribution is -2.41. The van der Waals surface area contributed by atoms with Crippen molar-refractivity contribution < 1.29 is 27.2 Å². The fourth-order valence-corrected chi connectivity index (χ4v) is 4.04. The summed E-state index contributed by atoms with van der Waals surface area (Å²) in [6.45, 7) is 0. The van der Waals surface area contributed by atoms with Crippen molar-refractivity contribution in [2.45, 2.75) is 63.6 Å². The highest BCUT2D eigenvalue weighted by Gasteiger charge is 2.33. The van der Waals surface area contributed by atoms with Crippen LogP contribution in [-0.4, -0.2) is 17.9 Å². The second-order valence-electron chi connectivity index (χ2n) is 7.72. The lowest BCUT2D eigenvalue weighted by atomic mass is 9.85. The first-order valence-electron chi connectivity index (χ1n) is 9.72. The van der Waals surface area contributed by atoms with Crippen LogP contribution in [0, 0.1) is 17.7 Å². The van der Waals surface area contributed by atoms with Crippen LogP contribution in [0.25, 0.3) is 0 Å². The summed E-state index contributed by atoms with van der Waals surface area (Å²) in [5.74, 6) is -1.63. The highest BCUT2D eigenvalue weighted by Crippen LogP contribution is 2.33. The fraction of sp³-hybridized carbons (Fsp3) is 0.600. The molecule has 2 fully saturated rings. The minimum atomic E-state index is -4.61. The van der Waals surface area contributed by atoms with Crippen LogP contribution in [0.15, 0.2) is 18.2 Å². The molecule has 2 saturated carbocycles. The third kappa shape index (κ3) is 5.02. The number of rotatable bonds is 4. The molecule has 8 heteroatoms. The van der Waals surface area contributed by atoms with Gasteiger partial charge < -0.3 is 10.6 Å². The molecule has 0 atom stereocenters. The highest BCUT2D eigenvalue weighted by molar-refractivity contribution is 5.92. The Hall–Kier alpha value is -2.12. The van der Waals surface area contributed by atoms with E-state index in [4.69, 9.17) is 0 Å². The number of hydrogen-bond acceptors (Lipinski definition) is 2. The zero-order valence-electron chi connectivity index (χ0n) is 15.4. The topological polar surface area (TPSA) is 58.2 Å². The lowest BCUT2D eigenvalue weighted by molar-refractivity contribution is -0.137. The molecular formula is C20H24F4N2O2. The summed E-state index contributed by atoms with van der Waals surface area (Å²) in [6.07, 6.45) is 1.66.